The fourth-order valence-corrected chi connectivity index (χ4v) is 1.78. The van der Waals surface area contributed by atoms with Gasteiger partial charge in [0.2, 0.25) is 5.28 Å². The minimum atomic E-state index is -1.55. The molecule has 0 aliphatic rings. The fraction of sp³-hybridized carbons (Fsp3) is 0.273. The minimum absolute atomic E-state index is 0.0995. The summed E-state index contributed by atoms with van der Waals surface area (Å²) in [5.74, 6) is -3.86. The van der Waals surface area contributed by atoms with E-state index in [0.29, 0.717) is 5.82 Å². The summed E-state index contributed by atoms with van der Waals surface area (Å²) in [6, 6.07) is 1.92. The number of aromatic nitrogens is 3. The Morgan fingerprint density at radius 1 is 1.11 bits per heavy atom. The first-order valence-corrected chi connectivity index (χ1v) is 5.56. The van der Waals surface area contributed by atoms with Gasteiger partial charge in [-0.15, -0.1) is 10.2 Å². The smallest absolute Gasteiger partial charge is 0.229 e. The van der Waals surface area contributed by atoms with Gasteiger partial charge in [-0.25, -0.2) is 13.2 Å². The van der Waals surface area contributed by atoms with Gasteiger partial charge < -0.3 is 0 Å². The molecule has 0 N–H and O–H groups in total. The normalized spacial score (nSPS) is 11.3. The SMILES string of the molecule is CC(C)c1nnc(Cl)n1-c1ccc(F)c(F)c1F. The Morgan fingerprint density at radius 2 is 1.78 bits per heavy atom. The summed E-state index contributed by atoms with van der Waals surface area (Å²) in [5.41, 5.74) is -0.215. The Hall–Kier alpha value is -1.56. The molecule has 0 saturated heterocycles. The standard InChI is InChI=1S/C11H9ClF3N3/c1-5(2)10-16-17-11(12)18(10)7-4-3-6(13)8(14)9(7)15/h3-5H,1-2H3. The van der Waals surface area contributed by atoms with Crippen molar-refractivity contribution in [3.05, 3.63) is 40.7 Å². The van der Waals surface area contributed by atoms with E-state index in [1.54, 1.807) is 13.8 Å². The van der Waals surface area contributed by atoms with Crippen LogP contribution < -0.4 is 0 Å². The van der Waals surface area contributed by atoms with E-state index in [4.69, 9.17) is 11.6 Å². The van der Waals surface area contributed by atoms with Crippen LogP contribution in [0.5, 0.6) is 0 Å². The molecule has 0 aliphatic carbocycles. The Kier molecular flexibility index (Phi) is 3.30. The van der Waals surface area contributed by atoms with Gasteiger partial charge in [-0.3, -0.25) is 4.57 Å². The number of rotatable bonds is 2. The first-order chi connectivity index (χ1) is 8.43. The topological polar surface area (TPSA) is 30.7 Å². The maximum absolute atomic E-state index is 13.7. The van der Waals surface area contributed by atoms with Crippen LogP contribution in [0.1, 0.15) is 25.6 Å². The van der Waals surface area contributed by atoms with E-state index < -0.39 is 17.5 Å². The highest BCUT2D eigenvalue weighted by Crippen LogP contribution is 2.26. The summed E-state index contributed by atoms with van der Waals surface area (Å²) in [4.78, 5) is 0. The third-order valence-corrected chi connectivity index (χ3v) is 2.67. The Balaban J connectivity index is 2.70. The maximum Gasteiger partial charge on any atom is 0.229 e. The lowest BCUT2D eigenvalue weighted by Crippen LogP contribution is -2.07. The van der Waals surface area contributed by atoms with Crippen molar-refractivity contribution in [1.82, 2.24) is 14.8 Å². The molecule has 0 spiro atoms. The summed E-state index contributed by atoms with van der Waals surface area (Å²) in [6.45, 7) is 3.60. The largest absolute Gasteiger partial charge is 0.266 e. The van der Waals surface area contributed by atoms with Gasteiger partial charge >= 0.3 is 0 Å². The number of halogens is 4. The maximum atomic E-state index is 13.7. The summed E-state index contributed by atoms with van der Waals surface area (Å²) in [7, 11) is 0. The highest BCUT2D eigenvalue weighted by molar-refractivity contribution is 6.28. The molecule has 3 nitrogen and oxygen atoms in total. The molecule has 0 atom stereocenters. The van der Waals surface area contributed by atoms with Crippen molar-refractivity contribution < 1.29 is 13.2 Å². The van der Waals surface area contributed by atoms with E-state index >= 15 is 0 Å². The molecule has 96 valence electrons. The van der Waals surface area contributed by atoms with Crippen LogP contribution in [0.25, 0.3) is 5.69 Å². The van der Waals surface area contributed by atoms with Crippen molar-refractivity contribution in [2.45, 2.75) is 19.8 Å². The average molecular weight is 276 g/mol. The van der Waals surface area contributed by atoms with Gasteiger partial charge in [0.25, 0.3) is 0 Å². The van der Waals surface area contributed by atoms with Crippen LogP contribution in [-0.2, 0) is 0 Å². The zero-order chi connectivity index (χ0) is 13.4. The molecule has 0 aliphatic heterocycles. The molecule has 1 heterocycles. The lowest BCUT2D eigenvalue weighted by Gasteiger charge is -2.11. The van der Waals surface area contributed by atoms with Crippen LogP contribution in [0.3, 0.4) is 0 Å². The van der Waals surface area contributed by atoms with Gasteiger partial charge in [0, 0.05) is 5.92 Å². The van der Waals surface area contributed by atoms with Crippen LogP contribution in [0.4, 0.5) is 13.2 Å². The van der Waals surface area contributed by atoms with E-state index in [1.807, 2.05) is 0 Å². The van der Waals surface area contributed by atoms with Gasteiger partial charge in [-0.1, -0.05) is 13.8 Å². The molecule has 0 unspecified atom stereocenters. The summed E-state index contributed by atoms with van der Waals surface area (Å²) >= 11 is 5.79. The molecular formula is C11H9ClF3N3. The predicted molar refractivity (Wildman–Crippen MR) is 60.3 cm³/mol. The molecule has 1 aromatic heterocycles. The lowest BCUT2D eigenvalue weighted by molar-refractivity contribution is 0.444. The van der Waals surface area contributed by atoms with E-state index in [1.165, 1.54) is 0 Å². The van der Waals surface area contributed by atoms with Gasteiger partial charge in [0.1, 0.15) is 5.82 Å². The highest BCUT2D eigenvalue weighted by atomic mass is 35.5. The van der Waals surface area contributed by atoms with Gasteiger partial charge in [0.05, 0.1) is 5.69 Å². The van der Waals surface area contributed by atoms with E-state index in [-0.39, 0.29) is 16.9 Å². The third kappa shape index (κ3) is 1.96. The highest BCUT2D eigenvalue weighted by Gasteiger charge is 2.21. The zero-order valence-corrected chi connectivity index (χ0v) is 10.3. The van der Waals surface area contributed by atoms with Crippen LogP contribution in [0, 0.1) is 17.5 Å². The average Bonchev–Trinajstić information content (AvgIpc) is 2.69. The van der Waals surface area contributed by atoms with Crippen molar-refractivity contribution in [2.75, 3.05) is 0 Å². The fourth-order valence-electron chi connectivity index (χ4n) is 1.56. The number of hydrogen-bond acceptors (Lipinski definition) is 2. The molecular weight excluding hydrogens is 267 g/mol. The number of nitrogens with zero attached hydrogens (tertiary/aromatic N) is 3. The zero-order valence-electron chi connectivity index (χ0n) is 9.59. The molecule has 2 rings (SSSR count). The molecule has 7 heteroatoms. The number of hydrogen-bond donors (Lipinski definition) is 0. The Bertz CT molecular complexity index is 595. The Labute approximate surface area is 106 Å². The quantitative estimate of drug-likeness (QED) is 0.786. The monoisotopic (exact) mass is 275 g/mol. The molecule has 0 amide bonds. The second-order valence-electron chi connectivity index (χ2n) is 4.01. The molecule has 0 saturated carbocycles. The summed E-state index contributed by atoms with van der Waals surface area (Å²) in [5, 5.41) is 7.28. The van der Waals surface area contributed by atoms with Gasteiger partial charge in [-0.05, 0) is 23.7 Å². The summed E-state index contributed by atoms with van der Waals surface area (Å²) < 4.78 is 40.9. The van der Waals surface area contributed by atoms with Gasteiger partial charge in [0.15, 0.2) is 17.5 Å². The first-order valence-electron chi connectivity index (χ1n) is 5.18. The van der Waals surface area contributed by atoms with Crippen LogP contribution >= 0.6 is 11.6 Å². The second-order valence-corrected chi connectivity index (χ2v) is 4.35. The molecule has 0 bridgehead atoms. The summed E-state index contributed by atoms with van der Waals surface area (Å²) in [6.07, 6.45) is 0. The molecule has 0 radical (unpaired) electrons. The third-order valence-electron chi connectivity index (χ3n) is 2.42. The van der Waals surface area contributed by atoms with Gasteiger partial charge in [-0.2, -0.15) is 0 Å². The van der Waals surface area contributed by atoms with Crippen molar-refractivity contribution in [3.63, 3.8) is 0 Å². The first kappa shape index (κ1) is 12.9. The van der Waals surface area contributed by atoms with Crippen LogP contribution in [0.2, 0.25) is 5.28 Å². The Morgan fingerprint density at radius 3 is 2.39 bits per heavy atom. The molecule has 18 heavy (non-hydrogen) atoms. The van der Waals surface area contributed by atoms with Crippen molar-refractivity contribution in [1.29, 1.82) is 0 Å². The number of benzene rings is 1. The van der Waals surface area contributed by atoms with Crippen molar-refractivity contribution in [3.8, 4) is 5.69 Å². The molecule has 2 aromatic rings. The van der Waals surface area contributed by atoms with Crippen molar-refractivity contribution in [2.24, 2.45) is 0 Å². The van der Waals surface area contributed by atoms with E-state index in [9.17, 15) is 13.2 Å². The van der Waals surface area contributed by atoms with Crippen molar-refractivity contribution >= 4 is 11.6 Å². The van der Waals surface area contributed by atoms with E-state index in [0.717, 1.165) is 16.7 Å². The molecule has 0 fully saturated rings. The second kappa shape index (κ2) is 4.61. The molecule has 1 aromatic carbocycles. The van der Waals surface area contributed by atoms with E-state index in [2.05, 4.69) is 10.2 Å². The lowest BCUT2D eigenvalue weighted by atomic mass is 10.2. The van der Waals surface area contributed by atoms with Crippen LogP contribution in [-0.4, -0.2) is 14.8 Å². The van der Waals surface area contributed by atoms with Crippen LogP contribution in [0.15, 0.2) is 12.1 Å². The minimum Gasteiger partial charge on any atom is -0.266 e. The predicted octanol–water partition coefficient (Wildman–Crippen LogP) is 3.46.